The molecule has 0 heterocycles. The second-order valence-electron chi connectivity index (χ2n) is 6.20. The van der Waals surface area contributed by atoms with E-state index in [0.29, 0.717) is 30.6 Å². The molecule has 1 aliphatic carbocycles. The van der Waals surface area contributed by atoms with Crippen molar-refractivity contribution in [3.8, 4) is 0 Å². The number of carbonyl (C=O) groups is 3. The molecular weight excluding hydrogens is 308 g/mol. The third-order valence-corrected chi connectivity index (χ3v) is 4.61. The van der Waals surface area contributed by atoms with Crippen LogP contribution in [0, 0.1) is 18.8 Å². The molecule has 0 aromatic heterocycles. The fraction of sp³-hybridized carbons (Fsp3) is 0.500. The van der Waals surface area contributed by atoms with Crippen LogP contribution in [0.4, 0.5) is 11.4 Å². The quantitative estimate of drug-likeness (QED) is 0.771. The minimum absolute atomic E-state index is 0.0974. The van der Waals surface area contributed by atoms with Crippen molar-refractivity contribution in [2.75, 3.05) is 10.6 Å². The van der Waals surface area contributed by atoms with Gasteiger partial charge in [-0.15, -0.1) is 0 Å². The zero-order valence-corrected chi connectivity index (χ0v) is 14.1. The Morgan fingerprint density at radius 2 is 1.67 bits per heavy atom. The molecule has 0 unspecified atom stereocenters. The average Bonchev–Trinajstić information content (AvgIpc) is 2.58. The number of carboxylic acids is 1. The minimum atomic E-state index is -0.907. The molecule has 1 aromatic carbocycles. The normalized spacial score (nSPS) is 20.2. The summed E-state index contributed by atoms with van der Waals surface area (Å²) in [6.07, 6.45) is 3.22. The second-order valence-corrected chi connectivity index (χ2v) is 6.20. The van der Waals surface area contributed by atoms with Crippen molar-refractivity contribution in [2.45, 2.75) is 46.0 Å². The Hall–Kier alpha value is -2.37. The van der Waals surface area contributed by atoms with Gasteiger partial charge in [0.15, 0.2) is 0 Å². The number of hydrogen-bond acceptors (Lipinski definition) is 3. The molecule has 6 heteroatoms. The Balaban J connectivity index is 2.15. The van der Waals surface area contributed by atoms with E-state index in [1.54, 1.807) is 25.1 Å². The maximum absolute atomic E-state index is 12.6. The first-order valence-electron chi connectivity index (χ1n) is 8.37. The van der Waals surface area contributed by atoms with Crippen molar-refractivity contribution in [3.05, 3.63) is 23.8 Å². The van der Waals surface area contributed by atoms with Crippen LogP contribution in [-0.4, -0.2) is 22.9 Å². The molecule has 2 amide bonds. The molecule has 6 nitrogen and oxygen atoms in total. The Kier molecular flexibility index (Phi) is 5.95. The highest BCUT2D eigenvalue weighted by Gasteiger charge is 2.35. The van der Waals surface area contributed by atoms with Crippen LogP contribution < -0.4 is 10.6 Å². The van der Waals surface area contributed by atoms with Crippen molar-refractivity contribution in [2.24, 2.45) is 11.8 Å². The number of carboxylic acid groups (broad SMARTS) is 1. The third-order valence-electron chi connectivity index (χ3n) is 4.61. The Labute approximate surface area is 141 Å². The number of nitrogens with one attached hydrogen (secondary N) is 2. The summed E-state index contributed by atoms with van der Waals surface area (Å²) in [6, 6.07) is 5.29. The first kappa shape index (κ1) is 18.0. The van der Waals surface area contributed by atoms with Crippen molar-refractivity contribution < 1.29 is 19.5 Å². The van der Waals surface area contributed by atoms with Gasteiger partial charge < -0.3 is 15.7 Å². The number of carbonyl (C=O) groups excluding carboxylic acids is 2. The summed E-state index contributed by atoms with van der Waals surface area (Å²) in [4.78, 5) is 35.5. The zero-order valence-electron chi connectivity index (χ0n) is 14.1. The molecular formula is C18H24N2O4. The molecule has 3 N–H and O–H groups in total. The third kappa shape index (κ3) is 4.13. The van der Waals surface area contributed by atoms with E-state index in [-0.39, 0.29) is 11.8 Å². The molecule has 1 saturated carbocycles. The van der Waals surface area contributed by atoms with Gasteiger partial charge >= 0.3 is 5.97 Å². The van der Waals surface area contributed by atoms with E-state index in [2.05, 4.69) is 10.6 Å². The number of rotatable bonds is 5. The van der Waals surface area contributed by atoms with Crippen LogP contribution in [0.2, 0.25) is 0 Å². The number of hydrogen-bond donors (Lipinski definition) is 3. The lowest BCUT2D eigenvalue weighted by molar-refractivity contribution is -0.147. The summed E-state index contributed by atoms with van der Waals surface area (Å²) in [5.74, 6) is -2.40. The summed E-state index contributed by atoms with van der Waals surface area (Å²) >= 11 is 0. The van der Waals surface area contributed by atoms with Crippen LogP contribution in [-0.2, 0) is 14.4 Å². The van der Waals surface area contributed by atoms with E-state index in [0.717, 1.165) is 18.4 Å². The van der Waals surface area contributed by atoms with Gasteiger partial charge in [0.2, 0.25) is 11.8 Å². The van der Waals surface area contributed by atoms with Crippen LogP contribution >= 0.6 is 0 Å². The van der Waals surface area contributed by atoms with Crippen molar-refractivity contribution in [3.63, 3.8) is 0 Å². The van der Waals surface area contributed by atoms with Crippen molar-refractivity contribution in [1.29, 1.82) is 0 Å². The van der Waals surface area contributed by atoms with Crippen LogP contribution in [0.25, 0.3) is 0 Å². The number of benzene rings is 1. The lowest BCUT2D eigenvalue weighted by Gasteiger charge is -2.27. The molecule has 0 spiro atoms. The first-order chi connectivity index (χ1) is 11.4. The lowest BCUT2D eigenvalue weighted by Crippen LogP contribution is -2.36. The van der Waals surface area contributed by atoms with Gasteiger partial charge in [-0.3, -0.25) is 14.4 Å². The topological polar surface area (TPSA) is 95.5 Å². The van der Waals surface area contributed by atoms with Crippen LogP contribution in [0.1, 0.15) is 44.6 Å². The lowest BCUT2D eigenvalue weighted by atomic mass is 9.78. The highest BCUT2D eigenvalue weighted by atomic mass is 16.4. The Morgan fingerprint density at radius 1 is 1.08 bits per heavy atom. The van der Waals surface area contributed by atoms with E-state index < -0.39 is 17.8 Å². The average molecular weight is 332 g/mol. The summed E-state index contributed by atoms with van der Waals surface area (Å²) in [6.45, 7) is 3.59. The molecule has 1 aliphatic rings. The van der Waals surface area contributed by atoms with Gasteiger partial charge in [-0.1, -0.05) is 25.8 Å². The molecule has 0 bridgehead atoms. The number of amides is 2. The molecule has 130 valence electrons. The highest BCUT2D eigenvalue weighted by Crippen LogP contribution is 2.32. The van der Waals surface area contributed by atoms with Crippen molar-refractivity contribution in [1.82, 2.24) is 0 Å². The predicted octanol–water partition coefficient (Wildman–Crippen LogP) is 3.17. The SMILES string of the molecule is CCC(=O)Nc1cccc(NC(=O)[C@H]2CCCC[C@H]2C(=O)O)c1C. The van der Waals surface area contributed by atoms with E-state index in [4.69, 9.17) is 0 Å². The van der Waals surface area contributed by atoms with Gasteiger partial charge in [-0.05, 0) is 37.5 Å². The zero-order chi connectivity index (χ0) is 17.7. The van der Waals surface area contributed by atoms with Crippen LogP contribution in [0.5, 0.6) is 0 Å². The standard InChI is InChI=1S/C18H24N2O4/c1-3-16(21)19-14-9-6-10-15(11(14)2)20-17(22)12-7-4-5-8-13(12)18(23)24/h6,9-10,12-13H,3-5,7-8H2,1-2H3,(H,19,21)(H,20,22)(H,23,24)/t12-,13+/m0/s1. The fourth-order valence-corrected chi connectivity index (χ4v) is 3.11. The van der Waals surface area contributed by atoms with E-state index in [1.807, 2.05) is 6.92 Å². The monoisotopic (exact) mass is 332 g/mol. The second kappa shape index (κ2) is 7.95. The molecule has 2 atom stereocenters. The Morgan fingerprint density at radius 3 is 2.25 bits per heavy atom. The van der Waals surface area contributed by atoms with Gasteiger partial charge in [0.05, 0.1) is 11.8 Å². The van der Waals surface area contributed by atoms with Crippen molar-refractivity contribution >= 4 is 29.2 Å². The summed E-state index contributed by atoms with van der Waals surface area (Å²) < 4.78 is 0. The molecule has 0 saturated heterocycles. The molecule has 0 radical (unpaired) electrons. The van der Waals surface area contributed by atoms with Gasteiger partial charge in [0.25, 0.3) is 0 Å². The predicted molar refractivity (Wildman–Crippen MR) is 91.8 cm³/mol. The van der Waals surface area contributed by atoms with Crippen LogP contribution in [0.3, 0.4) is 0 Å². The van der Waals surface area contributed by atoms with E-state index in [9.17, 15) is 19.5 Å². The molecule has 1 fully saturated rings. The molecule has 0 aliphatic heterocycles. The van der Waals surface area contributed by atoms with Gasteiger partial charge in [-0.2, -0.15) is 0 Å². The highest BCUT2D eigenvalue weighted by molar-refractivity contribution is 5.98. The number of aliphatic carboxylic acids is 1. The van der Waals surface area contributed by atoms with E-state index >= 15 is 0 Å². The summed E-state index contributed by atoms with van der Waals surface area (Å²) in [5, 5.41) is 15.0. The molecule has 1 aromatic rings. The smallest absolute Gasteiger partial charge is 0.307 e. The Bertz CT molecular complexity index is 642. The van der Waals surface area contributed by atoms with Gasteiger partial charge in [-0.25, -0.2) is 0 Å². The molecule has 24 heavy (non-hydrogen) atoms. The summed E-state index contributed by atoms with van der Waals surface area (Å²) in [7, 11) is 0. The van der Waals surface area contributed by atoms with Gasteiger partial charge in [0, 0.05) is 17.8 Å². The summed E-state index contributed by atoms with van der Waals surface area (Å²) in [5.41, 5.74) is 2.01. The largest absolute Gasteiger partial charge is 0.481 e. The maximum atomic E-state index is 12.6. The minimum Gasteiger partial charge on any atom is -0.481 e. The maximum Gasteiger partial charge on any atom is 0.307 e. The van der Waals surface area contributed by atoms with E-state index in [1.165, 1.54) is 0 Å². The fourth-order valence-electron chi connectivity index (χ4n) is 3.11. The first-order valence-corrected chi connectivity index (χ1v) is 8.37. The number of anilines is 2. The van der Waals surface area contributed by atoms with Crippen LogP contribution in [0.15, 0.2) is 18.2 Å². The molecule has 2 rings (SSSR count). The van der Waals surface area contributed by atoms with Gasteiger partial charge in [0.1, 0.15) is 0 Å².